The highest BCUT2D eigenvalue weighted by molar-refractivity contribution is 5.79. The third-order valence-electron chi connectivity index (χ3n) is 6.98. The highest BCUT2D eigenvalue weighted by atomic mass is 15.3. The molecule has 1 unspecified atom stereocenters. The van der Waals surface area contributed by atoms with Crippen molar-refractivity contribution in [3.63, 3.8) is 0 Å². The van der Waals surface area contributed by atoms with Gasteiger partial charge < -0.3 is 15.5 Å². The number of aliphatic imine (C=N–C) groups is 1. The summed E-state index contributed by atoms with van der Waals surface area (Å²) in [5.74, 6) is 1.38. The average molecular weight is 400 g/mol. The summed E-state index contributed by atoms with van der Waals surface area (Å²) in [6, 6.07) is 8.87. The number of benzene rings is 1. The first-order valence-electron chi connectivity index (χ1n) is 11.5. The Morgan fingerprint density at radius 1 is 1.03 bits per heavy atom. The fourth-order valence-electron chi connectivity index (χ4n) is 4.74. The van der Waals surface area contributed by atoms with Crippen molar-refractivity contribution in [2.45, 2.75) is 57.4 Å². The van der Waals surface area contributed by atoms with Crippen molar-refractivity contribution >= 4 is 5.96 Å². The normalized spacial score (nSPS) is 22.3. The molecule has 5 nitrogen and oxygen atoms in total. The Labute approximate surface area is 178 Å². The molecule has 2 N–H and O–H groups in total. The Hall–Kier alpha value is -1.59. The minimum Gasteiger partial charge on any atom is -0.356 e. The van der Waals surface area contributed by atoms with E-state index in [4.69, 9.17) is 0 Å². The fraction of sp³-hybridized carbons (Fsp3) is 0.708. The van der Waals surface area contributed by atoms with E-state index >= 15 is 0 Å². The largest absolute Gasteiger partial charge is 0.356 e. The molecule has 2 heterocycles. The first-order chi connectivity index (χ1) is 14.0. The van der Waals surface area contributed by atoms with Crippen molar-refractivity contribution in [1.29, 1.82) is 0 Å². The minimum absolute atomic E-state index is 0.271. The molecular formula is C24H41N5. The lowest BCUT2D eigenvalue weighted by molar-refractivity contribution is 0.0173. The van der Waals surface area contributed by atoms with E-state index in [1.54, 1.807) is 0 Å². The van der Waals surface area contributed by atoms with Crippen molar-refractivity contribution in [3.05, 3.63) is 35.4 Å². The molecule has 0 spiro atoms. The molecule has 162 valence electrons. The van der Waals surface area contributed by atoms with Crippen molar-refractivity contribution in [3.8, 4) is 0 Å². The fourth-order valence-corrected chi connectivity index (χ4v) is 4.74. The monoisotopic (exact) mass is 399 g/mol. The van der Waals surface area contributed by atoms with Gasteiger partial charge in [-0.25, -0.2) is 0 Å². The van der Waals surface area contributed by atoms with Gasteiger partial charge in [0.1, 0.15) is 0 Å². The van der Waals surface area contributed by atoms with E-state index in [0.717, 1.165) is 19.0 Å². The summed E-state index contributed by atoms with van der Waals surface area (Å²) in [5.41, 5.74) is 2.96. The first kappa shape index (κ1) is 22.1. The number of hydrogen-bond acceptors (Lipinski definition) is 3. The predicted octanol–water partition coefficient (Wildman–Crippen LogP) is 3.21. The van der Waals surface area contributed by atoms with Gasteiger partial charge in [-0.1, -0.05) is 43.2 Å². The Morgan fingerprint density at radius 3 is 2.31 bits per heavy atom. The van der Waals surface area contributed by atoms with Gasteiger partial charge in [0.2, 0.25) is 0 Å². The van der Waals surface area contributed by atoms with Crippen LogP contribution in [-0.4, -0.2) is 74.7 Å². The maximum absolute atomic E-state index is 4.51. The maximum atomic E-state index is 4.51. The van der Waals surface area contributed by atoms with Crippen molar-refractivity contribution in [1.82, 2.24) is 20.4 Å². The van der Waals surface area contributed by atoms with Gasteiger partial charge >= 0.3 is 0 Å². The van der Waals surface area contributed by atoms with Crippen LogP contribution < -0.4 is 10.6 Å². The molecule has 1 atom stereocenters. The van der Waals surface area contributed by atoms with Crippen LogP contribution in [-0.2, 0) is 0 Å². The minimum atomic E-state index is 0.271. The summed E-state index contributed by atoms with van der Waals surface area (Å²) in [5, 5.41) is 7.25. The lowest BCUT2D eigenvalue weighted by atomic mass is 9.84. The second-order valence-electron chi connectivity index (χ2n) is 9.19. The maximum Gasteiger partial charge on any atom is 0.191 e. The third-order valence-corrected chi connectivity index (χ3v) is 6.98. The topological polar surface area (TPSA) is 42.9 Å². The molecule has 1 aromatic rings. The van der Waals surface area contributed by atoms with E-state index in [-0.39, 0.29) is 5.54 Å². The zero-order valence-electron chi connectivity index (χ0n) is 19.0. The number of aryl methyl sites for hydroxylation is 1. The predicted molar refractivity (Wildman–Crippen MR) is 124 cm³/mol. The Morgan fingerprint density at radius 2 is 1.69 bits per heavy atom. The van der Waals surface area contributed by atoms with Crippen LogP contribution in [0.4, 0.5) is 0 Å². The van der Waals surface area contributed by atoms with E-state index in [0.29, 0.717) is 5.92 Å². The molecular weight excluding hydrogens is 358 g/mol. The van der Waals surface area contributed by atoms with E-state index in [1.807, 2.05) is 7.05 Å². The van der Waals surface area contributed by atoms with Gasteiger partial charge in [-0.05, 0) is 77.3 Å². The van der Waals surface area contributed by atoms with Crippen LogP contribution in [0.1, 0.15) is 56.1 Å². The second kappa shape index (κ2) is 10.4. The second-order valence-corrected chi connectivity index (χ2v) is 9.19. The third kappa shape index (κ3) is 5.95. The number of likely N-dealkylation sites (tertiary alicyclic amines) is 2. The standard InChI is InChI=1S/C24H41N5/c1-20-8-10-22(11-9-20)21(2)18-26-23(25-3)27-19-24(12-16-28(4)17-13-24)29-14-6-5-7-15-29/h8-11,21H,5-7,12-19H2,1-4H3,(H2,25,26,27). The van der Waals surface area contributed by atoms with Crippen LogP contribution in [0, 0.1) is 6.92 Å². The molecule has 3 rings (SSSR count). The first-order valence-corrected chi connectivity index (χ1v) is 11.5. The SMILES string of the molecule is CN=C(NCC(C)c1ccc(C)cc1)NCC1(N2CCCCC2)CCN(C)CC1. The van der Waals surface area contributed by atoms with Crippen LogP contribution in [0.3, 0.4) is 0 Å². The Balaban J connectivity index is 1.56. The van der Waals surface area contributed by atoms with Crippen molar-refractivity contribution in [2.24, 2.45) is 4.99 Å². The summed E-state index contributed by atoms with van der Waals surface area (Å²) in [4.78, 5) is 9.76. The Kier molecular flexibility index (Phi) is 7.96. The number of rotatable bonds is 6. The summed E-state index contributed by atoms with van der Waals surface area (Å²) >= 11 is 0. The molecule has 2 saturated heterocycles. The van der Waals surface area contributed by atoms with Gasteiger partial charge in [-0.3, -0.25) is 9.89 Å². The van der Waals surface area contributed by atoms with Crippen LogP contribution in [0.15, 0.2) is 29.3 Å². The number of guanidine groups is 1. The van der Waals surface area contributed by atoms with Crippen LogP contribution in [0.5, 0.6) is 0 Å². The highest BCUT2D eigenvalue weighted by Gasteiger charge is 2.39. The zero-order valence-corrected chi connectivity index (χ0v) is 19.0. The summed E-state index contributed by atoms with van der Waals surface area (Å²) in [7, 11) is 4.13. The van der Waals surface area contributed by atoms with Gasteiger partial charge in [0.15, 0.2) is 5.96 Å². The molecule has 1 aromatic carbocycles. The lowest BCUT2D eigenvalue weighted by Crippen LogP contribution is -2.62. The van der Waals surface area contributed by atoms with Gasteiger partial charge in [-0.15, -0.1) is 0 Å². The molecule has 0 aromatic heterocycles. The van der Waals surface area contributed by atoms with E-state index in [2.05, 4.69) is 70.6 Å². The molecule has 2 aliphatic heterocycles. The summed E-state index contributed by atoms with van der Waals surface area (Å²) in [6.45, 7) is 11.2. The molecule has 0 bridgehead atoms. The molecule has 0 amide bonds. The molecule has 5 heteroatoms. The van der Waals surface area contributed by atoms with Gasteiger partial charge in [-0.2, -0.15) is 0 Å². The number of nitrogens with zero attached hydrogens (tertiary/aromatic N) is 3. The zero-order chi connectivity index (χ0) is 20.7. The van der Waals surface area contributed by atoms with Crippen LogP contribution in [0.2, 0.25) is 0 Å². The van der Waals surface area contributed by atoms with Gasteiger partial charge in [0.25, 0.3) is 0 Å². The number of nitrogens with one attached hydrogen (secondary N) is 2. The van der Waals surface area contributed by atoms with Gasteiger partial charge in [0.05, 0.1) is 0 Å². The van der Waals surface area contributed by atoms with Crippen molar-refractivity contribution in [2.75, 3.05) is 53.4 Å². The van der Waals surface area contributed by atoms with E-state index < -0.39 is 0 Å². The number of piperidine rings is 2. The van der Waals surface area contributed by atoms with E-state index in [1.165, 1.54) is 69.4 Å². The smallest absolute Gasteiger partial charge is 0.191 e. The summed E-state index contributed by atoms with van der Waals surface area (Å²) in [6.07, 6.45) is 6.57. The van der Waals surface area contributed by atoms with Gasteiger partial charge in [0, 0.05) is 25.7 Å². The van der Waals surface area contributed by atoms with E-state index in [9.17, 15) is 0 Å². The molecule has 2 aliphatic rings. The molecule has 0 saturated carbocycles. The lowest BCUT2D eigenvalue weighted by Gasteiger charge is -2.50. The Bertz CT molecular complexity index is 640. The van der Waals surface area contributed by atoms with Crippen molar-refractivity contribution < 1.29 is 0 Å². The molecule has 0 aliphatic carbocycles. The quantitative estimate of drug-likeness (QED) is 0.569. The average Bonchev–Trinajstić information content (AvgIpc) is 2.76. The van der Waals surface area contributed by atoms with Crippen LogP contribution >= 0.6 is 0 Å². The number of hydrogen-bond donors (Lipinski definition) is 2. The van der Waals surface area contributed by atoms with Crippen LogP contribution in [0.25, 0.3) is 0 Å². The molecule has 2 fully saturated rings. The molecule has 0 radical (unpaired) electrons. The highest BCUT2D eigenvalue weighted by Crippen LogP contribution is 2.30. The molecule has 29 heavy (non-hydrogen) atoms. The summed E-state index contributed by atoms with van der Waals surface area (Å²) < 4.78 is 0.